The van der Waals surface area contributed by atoms with Gasteiger partial charge in [-0.2, -0.15) is 18.4 Å². The number of nitrogens with one attached hydrogen (secondary N) is 1. The number of ether oxygens (including phenoxy) is 1. The second-order valence-electron chi connectivity index (χ2n) is 3.15. The van der Waals surface area contributed by atoms with Crippen molar-refractivity contribution in [3.63, 3.8) is 0 Å². The number of nitriles is 1. The fourth-order valence-corrected chi connectivity index (χ4v) is 0.795. The van der Waals surface area contributed by atoms with Crippen molar-refractivity contribution in [1.29, 1.82) is 5.26 Å². The van der Waals surface area contributed by atoms with Gasteiger partial charge in [0.1, 0.15) is 6.04 Å². The molecular formula is C9H15F3N2O. The third kappa shape index (κ3) is 6.31. The molecule has 88 valence electrons. The largest absolute Gasteiger partial charge is 0.414 e. The van der Waals surface area contributed by atoms with E-state index in [1.807, 2.05) is 13.0 Å². The molecule has 15 heavy (non-hydrogen) atoms. The average Bonchev–Trinajstić information content (AvgIpc) is 2.16. The van der Waals surface area contributed by atoms with Gasteiger partial charge in [0.15, 0.2) is 6.10 Å². The van der Waals surface area contributed by atoms with Crippen molar-refractivity contribution in [3.05, 3.63) is 0 Å². The third-order valence-electron chi connectivity index (χ3n) is 1.77. The SMILES string of the molecule is CCCNC(C#N)COC(C)C(F)(F)F. The topological polar surface area (TPSA) is 45.0 Å². The Morgan fingerprint density at radius 2 is 2.07 bits per heavy atom. The first kappa shape index (κ1) is 14.2. The molecule has 0 aliphatic rings. The van der Waals surface area contributed by atoms with Crippen molar-refractivity contribution in [2.45, 2.75) is 38.6 Å². The predicted octanol–water partition coefficient (Wildman–Crippen LogP) is 1.85. The lowest BCUT2D eigenvalue weighted by molar-refractivity contribution is -0.214. The zero-order valence-electron chi connectivity index (χ0n) is 8.77. The van der Waals surface area contributed by atoms with E-state index in [0.29, 0.717) is 6.54 Å². The summed E-state index contributed by atoms with van der Waals surface area (Å²) in [7, 11) is 0. The first-order valence-electron chi connectivity index (χ1n) is 4.73. The van der Waals surface area contributed by atoms with Gasteiger partial charge in [0, 0.05) is 0 Å². The van der Waals surface area contributed by atoms with E-state index in [1.165, 1.54) is 0 Å². The van der Waals surface area contributed by atoms with Gasteiger partial charge in [0.2, 0.25) is 0 Å². The summed E-state index contributed by atoms with van der Waals surface area (Å²) in [5, 5.41) is 11.4. The minimum absolute atomic E-state index is 0.253. The normalized spacial score (nSPS) is 15.7. The Bertz CT molecular complexity index is 212. The molecule has 0 radical (unpaired) electrons. The Labute approximate surface area is 87.2 Å². The van der Waals surface area contributed by atoms with Crippen LogP contribution < -0.4 is 5.32 Å². The van der Waals surface area contributed by atoms with E-state index >= 15 is 0 Å². The van der Waals surface area contributed by atoms with Crippen LogP contribution in [0.3, 0.4) is 0 Å². The third-order valence-corrected chi connectivity index (χ3v) is 1.77. The van der Waals surface area contributed by atoms with E-state index in [-0.39, 0.29) is 6.61 Å². The van der Waals surface area contributed by atoms with Gasteiger partial charge in [0.05, 0.1) is 12.7 Å². The molecule has 0 saturated heterocycles. The minimum atomic E-state index is -4.37. The van der Waals surface area contributed by atoms with Gasteiger partial charge in [-0.25, -0.2) is 0 Å². The molecule has 3 nitrogen and oxygen atoms in total. The predicted molar refractivity (Wildman–Crippen MR) is 49.2 cm³/mol. The van der Waals surface area contributed by atoms with Crippen LogP contribution in [0.5, 0.6) is 0 Å². The molecular weight excluding hydrogens is 209 g/mol. The maximum atomic E-state index is 12.0. The van der Waals surface area contributed by atoms with Gasteiger partial charge in [-0.05, 0) is 19.9 Å². The van der Waals surface area contributed by atoms with Crippen LogP contribution in [0.4, 0.5) is 13.2 Å². The van der Waals surface area contributed by atoms with Crippen LogP contribution in [0.25, 0.3) is 0 Å². The van der Waals surface area contributed by atoms with Crippen molar-refractivity contribution >= 4 is 0 Å². The molecule has 2 unspecified atom stereocenters. The number of hydrogen-bond acceptors (Lipinski definition) is 3. The lowest BCUT2D eigenvalue weighted by Crippen LogP contribution is -2.37. The van der Waals surface area contributed by atoms with Crippen molar-refractivity contribution in [1.82, 2.24) is 5.32 Å². The van der Waals surface area contributed by atoms with Gasteiger partial charge >= 0.3 is 6.18 Å². The zero-order chi connectivity index (χ0) is 11.9. The van der Waals surface area contributed by atoms with Crippen LogP contribution in [-0.2, 0) is 4.74 Å². The fraction of sp³-hybridized carbons (Fsp3) is 0.889. The summed E-state index contributed by atoms with van der Waals surface area (Å²) in [5.74, 6) is 0. The van der Waals surface area contributed by atoms with Gasteiger partial charge in [-0.1, -0.05) is 6.92 Å². The molecule has 0 aromatic carbocycles. The number of alkyl halides is 3. The Balaban J connectivity index is 3.86. The highest BCUT2D eigenvalue weighted by molar-refractivity contribution is 4.89. The van der Waals surface area contributed by atoms with Crippen LogP contribution in [0, 0.1) is 11.3 Å². The van der Waals surface area contributed by atoms with E-state index in [1.54, 1.807) is 0 Å². The summed E-state index contributed by atoms with van der Waals surface area (Å²) in [6.45, 7) is 3.16. The minimum Gasteiger partial charge on any atom is -0.366 e. The van der Waals surface area contributed by atoms with Crippen LogP contribution in [-0.4, -0.2) is 31.5 Å². The van der Waals surface area contributed by atoms with Crippen LogP contribution >= 0.6 is 0 Å². The Kier molecular flexibility index (Phi) is 6.29. The summed E-state index contributed by atoms with van der Waals surface area (Å²) < 4.78 is 40.6. The van der Waals surface area contributed by atoms with Crippen molar-refractivity contribution in [2.24, 2.45) is 0 Å². The smallest absolute Gasteiger partial charge is 0.366 e. The number of rotatable bonds is 6. The Morgan fingerprint density at radius 1 is 1.47 bits per heavy atom. The molecule has 2 atom stereocenters. The molecule has 0 rings (SSSR count). The van der Waals surface area contributed by atoms with Crippen LogP contribution in [0.15, 0.2) is 0 Å². The molecule has 0 aromatic heterocycles. The quantitative estimate of drug-likeness (QED) is 0.748. The van der Waals surface area contributed by atoms with E-state index < -0.39 is 18.3 Å². The highest BCUT2D eigenvalue weighted by Crippen LogP contribution is 2.22. The molecule has 0 spiro atoms. The van der Waals surface area contributed by atoms with Gasteiger partial charge in [-0.3, -0.25) is 0 Å². The highest BCUT2D eigenvalue weighted by atomic mass is 19.4. The fourth-order valence-electron chi connectivity index (χ4n) is 0.795. The van der Waals surface area contributed by atoms with Crippen molar-refractivity contribution in [3.8, 4) is 6.07 Å². The molecule has 6 heteroatoms. The highest BCUT2D eigenvalue weighted by Gasteiger charge is 2.37. The molecule has 0 aromatic rings. The van der Waals surface area contributed by atoms with E-state index in [4.69, 9.17) is 5.26 Å². The number of halogens is 3. The first-order valence-corrected chi connectivity index (χ1v) is 4.73. The van der Waals surface area contributed by atoms with Gasteiger partial charge in [-0.15, -0.1) is 0 Å². The summed E-state index contributed by atoms with van der Waals surface area (Å²) in [6, 6.07) is 1.15. The Morgan fingerprint density at radius 3 is 2.47 bits per heavy atom. The molecule has 0 heterocycles. The van der Waals surface area contributed by atoms with Gasteiger partial charge < -0.3 is 10.1 Å². The maximum absolute atomic E-state index is 12.0. The maximum Gasteiger partial charge on any atom is 0.414 e. The molecule has 0 amide bonds. The lowest BCUT2D eigenvalue weighted by atomic mass is 10.3. The van der Waals surface area contributed by atoms with Crippen LogP contribution in [0.1, 0.15) is 20.3 Å². The molecule has 1 N–H and O–H groups in total. The standard InChI is InChI=1S/C9H15F3N2O/c1-3-4-14-8(5-13)6-15-7(2)9(10,11)12/h7-8,14H,3-4,6H2,1-2H3. The summed E-state index contributed by atoms with van der Waals surface area (Å²) in [6.07, 6.45) is -5.39. The number of nitrogens with zero attached hydrogens (tertiary/aromatic N) is 1. The summed E-state index contributed by atoms with van der Waals surface area (Å²) >= 11 is 0. The van der Waals surface area contributed by atoms with E-state index in [9.17, 15) is 13.2 Å². The zero-order valence-corrected chi connectivity index (χ0v) is 8.77. The second-order valence-corrected chi connectivity index (χ2v) is 3.15. The summed E-state index contributed by atoms with van der Waals surface area (Å²) in [4.78, 5) is 0. The first-order chi connectivity index (χ1) is 6.91. The molecule has 0 aliphatic carbocycles. The molecule has 0 fully saturated rings. The van der Waals surface area contributed by atoms with Gasteiger partial charge in [0.25, 0.3) is 0 Å². The van der Waals surface area contributed by atoms with Crippen LogP contribution in [0.2, 0.25) is 0 Å². The van der Waals surface area contributed by atoms with E-state index in [2.05, 4.69) is 10.1 Å². The lowest BCUT2D eigenvalue weighted by Gasteiger charge is -2.18. The average molecular weight is 224 g/mol. The molecule has 0 saturated carbocycles. The summed E-state index contributed by atoms with van der Waals surface area (Å²) in [5.41, 5.74) is 0. The van der Waals surface area contributed by atoms with Crippen molar-refractivity contribution < 1.29 is 17.9 Å². The van der Waals surface area contributed by atoms with E-state index in [0.717, 1.165) is 13.3 Å². The van der Waals surface area contributed by atoms with Crippen molar-refractivity contribution in [2.75, 3.05) is 13.2 Å². The number of hydrogen-bond donors (Lipinski definition) is 1. The molecule has 0 bridgehead atoms. The second kappa shape index (κ2) is 6.64. The monoisotopic (exact) mass is 224 g/mol. The molecule has 0 aliphatic heterocycles. The Hall–Kier alpha value is -0.800.